The summed E-state index contributed by atoms with van der Waals surface area (Å²) in [6.45, 7) is 2.51. The number of hydrogen-bond donors (Lipinski definition) is 4. The molecule has 5 atom stereocenters. The Kier molecular flexibility index (Phi) is 5.95. The fourth-order valence-electron chi connectivity index (χ4n) is 3.12. The van der Waals surface area contributed by atoms with Crippen molar-refractivity contribution in [1.29, 1.82) is 0 Å². The lowest BCUT2D eigenvalue weighted by molar-refractivity contribution is -0.314. The topological polar surface area (TPSA) is 99.4 Å². The molecule has 0 aromatic heterocycles. The maximum atomic E-state index is 13.4. The predicted octanol–water partition coefficient (Wildman–Crippen LogP) is 2.02. The van der Waals surface area contributed by atoms with Crippen molar-refractivity contribution in [2.75, 3.05) is 6.61 Å². The van der Waals surface area contributed by atoms with Crippen LogP contribution in [-0.4, -0.2) is 57.2 Å². The van der Waals surface area contributed by atoms with Crippen LogP contribution in [0, 0.1) is 12.7 Å². The van der Waals surface area contributed by atoms with Crippen LogP contribution in [0.15, 0.2) is 36.4 Å². The second-order valence-electron chi connectivity index (χ2n) is 7.08. The quantitative estimate of drug-likeness (QED) is 0.613. The van der Waals surface area contributed by atoms with Gasteiger partial charge in [0.1, 0.15) is 29.9 Å². The van der Waals surface area contributed by atoms with Crippen molar-refractivity contribution in [3.63, 3.8) is 0 Å². The molecular formula is C20H22ClFO6. The van der Waals surface area contributed by atoms with E-state index in [1.54, 1.807) is 31.2 Å². The van der Waals surface area contributed by atoms with Crippen LogP contribution in [0.3, 0.4) is 0 Å². The minimum atomic E-state index is -1.90. The molecule has 6 nitrogen and oxygen atoms in total. The Morgan fingerprint density at radius 3 is 2.43 bits per heavy atom. The summed E-state index contributed by atoms with van der Waals surface area (Å²) in [5.41, 5.74) is 0.298. The lowest BCUT2D eigenvalue weighted by Gasteiger charge is -2.45. The van der Waals surface area contributed by atoms with Crippen molar-refractivity contribution in [3.05, 3.63) is 52.8 Å². The van der Waals surface area contributed by atoms with Crippen LogP contribution in [0.5, 0.6) is 5.75 Å². The van der Waals surface area contributed by atoms with Gasteiger partial charge in [-0.05, 0) is 54.8 Å². The Labute approximate surface area is 166 Å². The van der Waals surface area contributed by atoms with E-state index in [1.165, 1.54) is 19.1 Å². The Morgan fingerprint density at radius 1 is 1.18 bits per heavy atom. The van der Waals surface area contributed by atoms with E-state index in [-0.39, 0.29) is 5.02 Å². The van der Waals surface area contributed by atoms with Crippen molar-refractivity contribution < 1.29 is 34.3 Å². The number of benzene rings is 2. The summed E-state index contributed by atoms with van der Waals surface area (Å²) in [5, 5.41) is 40.0. The molecule has 0 bridgehead atoms. The molecule has 1 aliphatic heterocycles. The fourth-order valence-corrected chi connectivity index (χ4v) is 3.30. The van der Waals surface area contributed by atoms with E-state index < -0.39 is 42.6 Å². The zero-order chi connectivity index (χ0) is 20.6. The van der Waals surface area contributed by atoms with E-state index in [4.69, 9.17) is 21.1 Å². The summed E-state index contributed by atoms with van der Waals surface area (Å²) in [6, 6.07) is 9.59. The molecule has 0 radical (unpaired) electrons. The second-order valence-corrected chi connectivity index (χ2v) is 7.48. The highest BCUT2D eigenvalue weighted by Gasteiger charge is 2.53. The first kappa shape index (κ1) is 21.0. The Balaban J connectivity index is 1.85. The van der Waals surface area contributed by atoms with E-state index in [0.29, 0.717) is 11.3 Å². The number of aryl methyl sites for hydroxylation is 1. The van der Waals surface area contributed by atoms with Gasteiger partial charge < -0.3 is 29.9 Å². The first-order valence-electron chi connectivity index (χ1n) is 8.72. The van der Waals surface area contributed by atoms with Gasteiger partial charge in [-0.15, -0.1) is 0 Å². The lowest BCUT2D eigenvalue weighted by Crippen LogP contribution is -2.66. The van der Waals surface area contributed by atoms with E-state index in [9.17, 15) is 24.8 Å². The number of halogens is 2. The normalized spacial score (nSPS) is 30.3. The highest BCUT2D eigenvalue weighted by Crippen LogP contribution is 2.34. The first-order chi connectivity index (χ1) is 13.1. The van der Waals surface area contributed by atoms with Gasteiger partial charge in [0.15, 0.2) is 5.60 Å². The number of rotatable bonds is 4. The monoisotopic (exact) mass is 412 g/mol. The van der Waals surface area contributed by atoms with Crippen molar-refractivity contribution in [1.82, 2.24) is 0 Å². The molecule has 152 valence electrons. The number of aliphatic hydroxyl groups is 4. The standard InChI is InChI=1S/C20H22ClFO6/c1-10-7-11(12-3-5-14(22)13(21)8-12)4-6-15(10)27-19-20(2,26)18(25)17(24)16(9-23)28-19/h3-8,16-19,23-26H,9H2,1-2H3/t16?,17-,18?,19+,20+/m1/s1. The molecule has 2 aromatic carbocycles. The summed E-state index contributed by atoms with van der Waals surface area (Å²) in [7, 11) is 0. The minimum Gasteiger partial charge on any atom is -0.461 e. The van der Waals surface area contributed by atoms with Crippen molar-refractivity contribution in [3.8, 4) is 16.9 Å². The van der Waals surface area contributed by atoms with E-state index >= 15 is 0 Å². The Hall–Kier alpha value is -1.74. The zero-order valence-electron chi connectivity index (χ0n) is 15.3. The van der Waals surface area contributed by atoms with Crippen LogP contribution in [0.2, 0.25) is 5.02 Å². The number of hydrogen-bond acceptors (Lipinski definition) is 6. The Bertz CT molecular complexity index is 859. The summed E-state index contributed by atoms with van der Waals surface area (Å²) in [4.78, 5) is 0. The van der Waals surface area contributed by atoms with Crippen molar-refractivity contribution >= 4 is 11.6 Å². The van der Waals surface area contributed by atoms with Gasteiger partial charge in [-0.2, -0.15) is 0 Å². The molecule has 1 aliphatic rings. The molecule has 2 unspecified atom stereocenters. The third-order valence-electron chi connectivity index (χ3n) is 4.92. The van der Waals surface area contributed by atoms with Gasteiger partial charge in [0.25, 0.3) is 0 Å². The van der Waals surface area contributed by atoms with Crippen LogP contribution in [0.25, 0.3) is 11.1 Å². The predicted molar refractivity (Wildman–Crippen MR) is 101 cm³/mol. The summed E-state index contributed by atoms with van der Waals surface area (Å²) in [6.07, 6.45) is -5.43. The molecule has 8 heteroatoms. The molecule has 0 saturated carbocycles. The van der Waals surface area contributed by atoms with E-state index in [2.05, 4.69) is 0 Å². The molecule has 0 spiro atoms. The van der Waals surface area contributed by atoms with Gasteiger partial charge in [0.2, 0.25) is 6.29 Å². The van der Waals surface area contributed by atoms with Gasteiger partial charge in [0.05, 0.1) is 11.6 Å². The molecule has 4 N–H and O–H groups in total. The maximum absolute atomic E-state index is 13.4. The SMILES string of the molecule is Cc1cc(-c2ccc(F)c(Cl)c2)ccc1O[C@H]1OC(CO)[C@@H](O)C(O)[C@]1(C)O. The average molecular weight is 413 g/mol. The Morgan fingerprint density at radius 2 is 1.82 bits per heavy atom. The molecular weight excluding hydrogens is 391 g/mol. The summed E-state index contributed by atoms with van der Waals surface area (Å²) in [5.74, 6) is -0.125. The highest BCUT2D eigenvalue weighted by molar-refractivity contribution is 6.31. The van der Waals surface area contributed by atoms with Crippen LogP contribution >= 0.6 is 11.6 Å². The highest BCUT2D eigenvalue weighted by atomic mass is 35.5. The van der Waals surface area contributed by atoms with Gasteiger partial charge in [-0.1, -0.05) is 23.7 Å². The largest absolute Gasteiger partial charge is 0.461 e. The third kappa shape index (κ3) is 3.87. The third-order valence-corrected chi connectivity index (χ3v) is 5.21. The summed E-state index contributed by atoms with van der Waals surface area (Å²) >= 11 is 5.84. The number of aliphatic hydroxyl groups excluding tert-OH is 3. The van der Waals surface area contributed by atoms with Crippen molar-refractivity contribution in [2.24, 2.45) is 0 Å². The molecule has 0 amide bonds. The molecule has 2 aromatic rings. The second kappa shape index (κ2) is 7.94. The van der Waals surface area contributed by atoms with Crippen LogP contribution in [0.4, 0.5) is 4.39 Å². The smallest absolute Gasteiger partial charge is 0.231 e. The van der Waals surface area contributed by atoms with Gasteiger partial charge in [0, 0.05) is 0 Å². The number of ether oxygens (including phenoxy) is 2. The van der Waals surface area contributed by atoms with Crippen LogP contribution in [-0.2, 0) is 4.74 Å². The molecule has 1 saturated heterocycles. The zero-order valence-corrected chi connectivity index (χ0v) is 16.1. The van der Waals surface area contributed by atoms with Crippen LogP contribution in [0.1, 0.15) is 12.5 Å². The van der Waals surface area contributed by atoms with Crippen LogP contribution < -0.4 is 4.74 Å². The molecule has 1 fully saturated rings. The first-order valence-corrected chi connectivity index (χ1v) is 9.10. The fraction of sp³-hybridized carbons (Fsp3) is 0.400. The maximum Gasteiger partial charge on any atom is 0.231 e. The molecule has 28 heavy (non-hydrogen) atoms. The average Bonchev–Trinajstić information content (AvgIpc) is 2.66. The van der Waals surface area contributed by atoms with Gasteiger partial charge in [-0.25, -0.2) is 4.39 Å². The molecule has 3 rings (SSSR count). The van der Waals surface area contributed by atoms with E-state index in [0.717, 1.165) is 11.1 Å². The van der Waals surface area contributed by atoms with E-state index in [1.807, 2.05) is 0 Å². The summed E-state index contributed by atoms with van der Waals surface area (Å²) < 4.78 is 24.6. The minimum absolute atomic E-state index is 0.0183. The van der Waals surface area contributed by atoms with Gasteiger partial charge in [-0.3, -0.25) is 0 Å². The lowest BCUT2D eigenvalue weighted by atomic mass is 9.88. The molecule has 1 heterocycles. The van der Waals surface area contributed by atoms with Gasteiger partial charge >= 0.3 is 0 Å². The molecule has 0 aliphatic carbocycles. The van der Waals surface area contributed by atoms with Crippen molar-refractivity contribution in [2.45, 2.75) is 44.1 Å².